The molecule has 0 aliphatic carbocycles. The van der Waals surface area contributed by atoms with Gasteiger partial charge >= 0.3 is 0 Å². The highest BCUT2D eigenvalue weighted by atomic mass is 16.5. The quantitative estimate of drug-likeness (QED) is 0.674. The molecule has 0 bridgehead atoms. The van der Waals surface area contributed by atoms with Crippen molar-refractivity contribution < 1.29 is 9.15 Å². The summed E-state index contributed by atoms with van der Waals surface area (Å²) in [6.07, 6.45) is 2.80. The van der Waals surface area contributed by atoms with E-state index in [-0.39, 0.29) is 0 Å². The predicted molar refractivity (Wildman–Crippen MR) is 54.1 cm³/mol. The largest absolute Gasteiger partial charge is 0.445 e. The Labute approximate surface area is 84.7 Å². The first-order chi connectivity index (χ1) is 6.83. The van der Waals surface area contributed by atoms with Gasteiger partial charge < -0.3 is 14.5 Å². The van der Waals surface area contributed by atoms with E-state index < -0.39 is 0 Å². The Balaban J connectivity index is 1.99. The standard InChI is InChI=1S/C10H18N2O2/c1-3-5-13-6-4-11-8-10-12-7-9(2)14-10/h7,11H,3-6,8H2,1-2H3. The molecule has 0 aromatic carbocycles. The Hall–Kier alpha value is -0.870. The van der Waals surface area contributed by atoms with E-state index in [1.807, 2.05) is 6.92 Å². The first kappa shape index (κ1) is 11.2. The summed E-state index contributed by atoms with van der Waals surface area (Å²) in [5.41, 5.74) is 0. The molecule has 0 saturated carbocycles. The van der Waals surface area contributed by atoms with E-state index in [0.29, 0.717) is 6.54 Å². The Morgan fingerprint density at radius 1 is 1.50 bits per heavy atom. The van der Waals surface area contributed by atoms with E-state index >= 15 is 0 Å². The fourth-order valence-electron chi connectivity index (χ4n) is 1.07. The van der Waals surface area contributed by atoms with Crippen molar-refractivity contribution in [2.45, 2.75) is 26.8 Å². The maximum atomic E-state index is 5.31. The lowest BCUT2D eigenvalue weighted by Crippen LogP contribution is -2.19. The van der Waals surface area contributed by atoms with E-state index in [2.05, 4.69) is 17.2 Å². The van der Waals surface area contributed by atoms with Crippen LogP contribution in [-0.2, 0) is 11.3 Å². The van der Waals surface area contributed by atoms with E-state index in [1.54, 1.807) is 6.20 Å². The van der Waals surface area contributed by atoms with Crippen LogP contribution >= 0.6 is 0 Å². The molecule has 1 rings (SSSR count). The molecule has 0 fully saturated rings. The average molecular weight is 198 g/mol. The molecule has 0 radical (unpaired) electrons. The van der Waals surface area contributed by atoms with Crippen LogP contribution in [0.1, 0.15) is 25.0 Å². The van der Waals surface area contributed by atoms with Gasteiger partial charge in [0.25, 0.3) is 0 Å². The van der Waals surface area contributed by atoms with Crippen LogP contribution in [0.25, 0.3) is 0 Å². The fourth-order valence-corrected chi connectivity index (χ4v) is 1.07. The second-order valence-corrected chi connectivity index (χ2v) is 3.15. The summed E-state index contributed by atoms with van der Waals surface area (Å²) in [7, 11) is 0. The Bertz CT molecular complexity index is 248. The summed E-state index contributed by atoms with van der Waals surface area (Å²) >= 11 is 0. The number of hydrogen-bond acceptors (Lipinski definition) is 4. The molecular formula is C10H18N2O2. The van der Waals surface area contributed by atoms with Crippen LogP contribution in [-0.4, -0.2) is 24.7 Å². The number of aryl methyl sites for hydroxylation is 1. The molecule has 4 nitrogen and oxygen atoms in total. The van der Waals surface area contributed by atoms with Crippen LogP contribution in [0.15, 0.2) is 10.6 Å². The third-order valence-electron chi connectivity index (χ3n) is 1.72. The minimum atomic E-state index is 0.670. The van der Waals surface area contributed by atoms with Gasteiger partial charge in [0.1, 0.15) is 5.76 Å². The van der Waals surface area contributed by atoms with Crippen molar-refractivity contribution in [1.29, 1.82) is 0 Å². The zero-order chi connectivity index (χ0) is 10.2. The van der Waals surface area contributed by atoms with Gasteiger partial charge in [-0.3, -0.25) is 0 Å². The molecule has 4 heteroatoms. The SMILES string of the molecule is CCCOCCNCc1ncc(C)o1. The predicted octanol–water partition coefficient (Wildman–Crippen LogP) is 1.50. The highest BCUT2D eigenvalue weighted by Crippen LogP contribution is 1.99. The maximum Gasteiger partial charge on any atom is 0.208 e. The highest BCUT2D eigenvalue weighted by molar-refractivity contribution is 4.90. The monoisotopic (exact) mass is 198 g/mol. The van der Waals surface area contributed by atoms with Gasteiger partial charge in [-0.25, -0.2) is 4.98 Å². The van der Waals surface area contributed by atoms with Gasteiger partial charge in [0, 0.05) is 13.2 Å². The lowest BCUT2D eigenvalue weighted by Gasteiger charge is -2.02. The first-order valence-electron chi connectivity index (χ1n) is 5.02. The lowest BCUT2D eigenvalue weighted by atomic mass is 10.5. The minimum Gasteiger partial charge on any atom is -0.445 e. The minimum absolute atomic E-state index is 0.670. The number of nitrogens with one attached hydrogen (secondary N) is 1. The van der Waals surface area contributed by atoms with Gasteiger partial charge in [0.15, 0.2) is 0 Å². The number of hydrogen-bond donors (Lipinski definition) is 1. The van der Waals surface area contributed by atoms with Gasteiger partial charge in [0.2, 0.25) is 5.89 Å². The van der Waals surface area contributed by atoms with E-state index in [4.69, 9.17) is 9.15 Å². The van der Waals surface area contributed by atoms with Crippen LogP contribution in [0, 0.1) is 6.92 Å². The summed E-state index contributed by atoms with van der Waals surface area (Å²) in [5, 5.41) is 3.19. The van der Waals surface area contributed by atoms with Crippen molar-refractivity contribution in [2.75, 3.05) is 19.8 Å². The van der Waals surface area contributed by atoms with E-state index in [9.17, 15) is 0 Å². The van der Waals surface area contributed by atoms with Gasteiger partial charge in [0.05, 0.1) is 19.3 Å². The number of oxazole rings is 1. The third-order valence-corrected chi connectivity index (χ3v) is 1.72. The van der Waals surface area contributed by atoms with Crippen LogP contribution < -0.4 is 5.32 Å². The van der Waals surface area contributed by atoms with Crippen LogP contribution in [0.4, 0.5) is 0 Å². The molecule has 1 N–H and O–H groups in total. The highest BCUT2D eigenvalue weighted by Gasteiger charge is 1.98. The maximum absolute atomic E-state index is 5.31. The third kappa shape index (κ3) is 4.39. The molecule has 1 aromatic rings. The molecule has 0 aliphatic heterocycles. The van der Waals surface area contributed by atoms with Crippen molar-refractivity contribution in [3.05, 3.63) is 17.8 Å². The van der Waals surface area contributed by atoms with Crippen LogP contribution in [0.2, 0.25) is 0 Å². The summed E-state index contributed by atoms with van der Waals surface area (Å²) in [6, 6.07) is 0. The summed E-state index contributed by atoms with van der Waals surface area (Å²) in [5.74, 6) is 1.59. The van der Waals surface area contributed by atoms with Gasteiger partial charge in [-0.05, 0) is 13.3 Å². The molecule has 0 saturated heterocycles. The summed E-state index contributed by atoms with van der Waals surface area (Å²) < 4.78 is 10.6. The summed E-state index contributed by atoms with van der Waals surface area (Å²) in [4.78, 5) is 4.08. The topological polar surface area (TPSA) is 47.3 Å². The number of ether oxygens (including phenoxy) is 1. The van der Waals surface area contributed by atoms with Crippen molar-refractivity contribution >= 4 is 0 Å². The van der Waals surface area contributed by atoms with E-state index in [1.165, 1.54) is 0 Å². The summed E-state index contributed by atoms with van der Waals surface area (Å²) in [6.45, 7) is 7.07. The van der Waals surface area contributed by atoms with Gasteiger partial charge in [-0.15, -0.1) is 0 Å². The normalized spacial score (nSPS) is 10.7. The Morgan fingerprint density at radius 3 is 3.00 bits per heavy atom. The smallest absolute Gasteiger partial charge is 0.208 e. The molecule has 0 unspecified atom stereocenters. The molecule has 0 aliphatic rings. The second kappa shape index (κ2) is 6.56. The van der Waals surface area contributed by atoms with Gasteiger partial charge in [-0.2, -0.15) is 0 Å². The second-order valence-electron chi connectivity index (χ2n) is 3.15. The zero-order valence-corrected chi connectivity index (χ0v) is 8.88. The molecule has 0 spiro atoms. The lowest BCUT2D eigenvalue weighted by molar-refractivity contribution is 0.136. The average Bonchev–Trinajstić information content (AvgIpc) is 2.58. The molecular weight excluding hydrogens is 180 g/mol. The first-order valence-corrected chi connectivity index (χ1v) is 5.02. The van der Waals surface area contributed by atoms with E-state index in [0.717, 1.165) is 37.8 Å². The van der Waals surface area contributed by atoms with Crippen LogP contribution in [0.3, 0.4) is 0 Å². The molecule has 14 heavy (non-hydrogen) atoms. The molecule has 0 atom stereocenters. The Kier molecular flexibility index (Phi) is 5.25. The number of nitrogens with zero attached hydrogens (tertiary/aromatic N) is 1. The molecule has 1 heterocycles. The van der Waals surface area contributed by atoms with Crippen LogP contribution in [0.5, 0.6) is 0 Å². The molecule has 80 valence electrons. The van der Waals surface area contributed by atoms with Crippen molar-refractivity contribution in [3.8, 4) is 0 Å². The molecule has 1 aromatic heterocycles. The van der Waals surface area contributed by atoms with Crippen molar-refractivity contribution in [3.63, 3.8) is 0 Å². The van der Waals surface area contributed by atoms with Crippen molar-refractivity contribution in [2.24, 2.45) is 0 Å². The molecule has 0 amide bonds. The zero-order valence-electron chi connectivity index (χ0n) is 8.88. The Morgan fingerprint density at radius 2 is 2.36 bits per heavy atom. The number of aromatic nitrogens is 1. The van der Waals surface area contributed by atoms with Gasteiger partial charge in [-0.1, -0.05) is 6.92 Å². The fraction of sp³-hybridized carbons (Fsp3) is 0.700. The number of rotatable bonds is 7. The van der Waals surface area contributed by atoms with Crippen molar-refractivity contribution in [1.82, 2.24) is 10.3 Å².